The molecule has 0 saturated heterocycles. The fourth-order valence-corrected chi connectivity index (χ4v) is 4.96. The third-order valence-corrected chi connectivity index (χ3v) is 7.09. The SMILES string of the molecule is COC(=O)[C@H](Cc1ccc(-n2c(=O)c3cc(I)ccc3n(C)c2=O)cc1)NC(=O)c1c(C)cccc1Cl. The summed E-state index contributed by atoms with van der Waals surface area (Å²) in [6, 6.07) is 16.1. The number of benzene rings is 3. The second-order valence-electron chi connectivity index (χ2n) is 8.50. The van der Waals surface area contributed by atoms with Gasteiger partial charge in [-0.1, -0.05) is 35.9 Å². The van der Waals surface area contributed by atoms with Gasteiger partial charge in [-0.15, -0.1) is 0 Å². The normalized spacial score (nSPS) is 11.8. The van der Waals surface area contributed by atoms with Crippen molar-refractivity contribution in [1.29, 1.82) is 0 Å². The van der Waals surface area contributed by atoms with Crippen LogP contribution in [0.2, 0.25) is 5.02 Å². The van der Waals surface area contributed by atoms with Crippen molar-refractivity contribution in [3.63, 3.8) is 0 Å². The highest BCUT2D eigenvalue weighted by Crippen LogP contribution is 2.20. The molecule has 37 heavy (non-hydrogen) atoms. The van der Waals surface area contributed by atoms with Crippen LogP contribution in [0.5, 0.6) is 0 Å². The molecule has 1 N–H and O–H groups in total. The fraction of sp³-hybridized carbons (Fsp3) is 0.185. The van der Waals surface area contributed by atoms with E-state index < -0.39 is 29.2 Å². The molecule has 3 aromatic carbocycles. The van der Waals surface area contributed by atoms with Crippen LogP contribution in [0.3, 0.4) is 0 Å². The summed E-state index contributed by atoms with van der Waals surface area (Å²) in [5.41, 5.74) is 1.70. The van der Waals surface area contributed by atoms with Gasteiger partial charge in [0.15, 0.2) is 0 Å². The molecule has 1 amide bonds. The van der Waals surface area contributed by atoms with Crippen LogP contribution in [0, 0.1) is 10.5 Å². The molecule has 0 radical (unpaired) electrons. The van der Waals surface area contributed by atoms with Crippen LogP contribution >= 0.6 is 34.2 Å². The van der Waals surface area contributed by atoms with Crippen molar-refractivity contribution in [3.05, 3.63) is 107 Å². The molecule has 1 aromatic heterocycles. The number of aromatic nitrogens is 2. The van der Waals surface area contributed by atoms with E-state index in [4.69, 9.17) is 16.3 Å². The molecule has 10 heteroatoms. The summed E-state index contributed by atoms with van der Waals surface area (Å²) in [6.07, 6.45) is 0.130. The molecule has 0 saturated carbocycles. The van der Waals surface area contributed by atoms with Crippen molar-refractivity contribution in [3.8, 4) is 5.69 Å². The maximum Gasteiger partial charge on any atom is 0.335 e. The van der Waals surface area contributed by atoms with Gasteiger partial charge in [-0.3, -0.25) is 14.2 Å². The van der Waals surface area contributed by atoms with E-state index in [1.807, 2.05) is 6.07 Å². The van der Waals surface area contributed by atoms with Crippen LogP contribution in [-0.4, -0.2) is 34.2 Å². The second kappa shape index (κ2) is 10.9. The fourth-order valence-electron chi connectivity index (χ4n) is 4.16. The number of nitrogens with one attached hydrogen (secondary N) is 1. The molecule has 8 nitrogen and oxygen atoms in total. The van der Waals surface area contributed by atoms with E-state index in [-0.39, 0.29) is 17.0 Å². The van der Waals surface area contributed by atoms with Gasteiger partial charge < -0.3 is 10.1 Å². The first-order valence-electron chi connectivity index (χ1n) is 11.3. The summed E-state index contributed by atoms with van der Waals surface area (Å²) in [6.45, 7) is 1.76. The lowest BCUT2D eigenvalue weighted by molar-refractivity contribution is -0.142. The van der Waals surface area contributed by atoms with Crippen molar-refractivity contribution < 1.29 is 14.3 Å². The van der Waals surface area contributed by atoms with Gasteiger partial charge in [0.05, 0.1) is 34.3 Å². The van der Waals surface area contributed by atoms with E-state index >= 15 is 0 Å². The second-order valence-corrected chi connectivity index (χ2v) is 10.1. The lowest BCUT2D eigenvalue weighted by Crippen LogP contribution is -2.43. The Kier molecular flexibility index (Phi) is 7.84. The molecule has 0 spiro atoms. The molecule has 4 rings (SSSR count). The van der Waals surface area contributed by atoms with Crippen molar-refractivity contribution in [2.24, 2.45) is 7.05 Å². The predicted molar refractivity (Wildman–Crippen MR) is 151 cm³/mol. The van der Waals surface area contributed by atoms with E-state index in [0.29, 0.717) is 27.7 Å². The van der Waals surface area contributed by atoms with Crippen LogP contribution < -0.4 is 16.6 Å². The monoisotopic (exact) mass is 631 g/mol. The van der Waals surface area contributed by atoms with Gasteiger partial charge in [0.2, 0.25) is 0 Å². The molecule has 0 aliphatic heterocycles. The summed E-state index contributed by atoms with van der Waals surface area (Å²) < 4.78 is 8.32. The Morgan fingerprint density at radius 1 is 1.08 bits per heavy atom. The number of aryl methyl sites for hydroxylation is 2. The summed E-state index contributed by atoms with van der Waals surface area (Å²) in [4.78, 5) is 51.5. The van der Waals surface area contributed by atoms with Gasteiger partial charge in [-0.25, -0.2) is 14.2 Å². The molecule has 190 valence electrons. The molecule has 1 heterocycles. The molecule has 0 aliphatic rings. The summed E-state index contributed by atoms with van der Waals surface area (Å²) in [5, 5.41) is 3.42. The third-order valence-electron chi connectivity index (χ3n) is 6.11. The zero-order valence-electron chi connectivity index (χ0n) is 20.2. The molecule has 0 aliphatic carbocycles. The molecule has 0 bridgehead atoms. The smallest absolute Gasteiger partial charge is 0.335 e. The number of hydrogen-bond donors (Lipinski definition) is 1. The minimum atomic E-state index is -0.975. The van der Waals surface area contributed by atoms with Crippen molar-refractivity contribution in [2.45, 2.75) is 19.4 Å². The third kappa shape index (κ3) is 5.33. The average molecular weight is 632 g/mol. The number of halogens is 2. The maximum atomic E-state index is 13.2. The lowest BCUT2D eigenvalue weighted by Gasteiger charge is -2.18. The topological polar surface area (TPSA) is 99.4 Å². The number of methoxy groups -OCH3 is 1. The van der Waals surface area contributed by atoms with Gasteiger partial charge in [0.1, 0.15) is 6.04 Å². The molecule has 4 aromatic rings. The van der Waals surface area contributed by atoms with Gasteiger partial charge in [0.25, 0.3) is 11.5 Å². The number of carbonyl (C=O) groups excluding carboxylic acids is 2. The quantitative estimate of drug-likeness (QED) is 0.258. The van der Waals surface area contributed by atoms with E-state index in [1.54, 1.807) is 68.6 Å². The van der Waals surface area contributed by atoms with E-state index in [9.17, 15) is 19.2 Å². The molecular weight excluding hydrogens is 609 g/mol. The summed E-state index contributed by atoms with van der Waals surface area (Å²) in [5.74, 6) is -1.10. The van der Waals surface area contributed by atoms with Gasteiger partial charge in [-0.2, -0.15) is 0 Å². The maximum absolute atomic E-state index is 13.2. The van der Waals surface area contributed by atoms with Crippen LogP contribution in [0.4, 0.5) is 0 Å². The Morgan fingerprint density at radius 3 is 2.43 bits per heavy atom. The number of amides is 1. The summed E-state index contributed by atoms with van der Waals surface area (Å²) >= 11 is 8.33. The number of ether oxygens (including phenoxy) is 1. The zero-order valence-corrected chi connectivity index (χ0v) is 23.2. The van der Waals surface area contributed by atoms with E-state index in [2.05, 4.69) is 27.9 Å². The Balaban J connectivity index is 1.64. The minimum Gasteiger partial charge on any atom is -0.467 e. The number of rotatable bonds is 6. The number of nitrogens with zero attached hydrogens (tertiary/aromatic N) is 2. The van der Waals surface area contributed by atoms with Crippen LogP contribution in [0.1, 0.15) is 21.5 Å². The van der Waals surface area contributed by atoms with Crippen LogP contribution in [0.25, 0.3) is 16.6 Å². The van der Waals surface area contributed by atoms with Crippen LogP contribution in [-0.2, 0) is 23.0 Å². The van der Waals surface area contributed by atoms with Gasteiger partial charge in [0, 0.05) is 17.0 Å². The first-order chi connectivity index (χ1) is 17.6. The predicted octanol–water partition coefficient (Wildman–Crippen LogP) is 3.77. The van der Waals surface area contributed by atoms with Crippen molar-refractivity contribution >= 4 is 57.0 Å². The molecule has 1 atom stereocenters. The van der Waals surface area contributed by atoms with Crippen molar-refractivity contribution in [1.82, 2.24) is 14.5 Å². The summed E-state index contributed by atoms with van der Waals surface area (Å²) in [7, 11) is 2.86. The first kappa shape index (κ1) is 26.6. The Morgan fingerprint density at radius 2 is 1.78 bits per heavy atom. The Bertz CT molecular complexity index is 1620. The van der Waals surface area contributed by atoms with E-state index in [0.717, 1.165) is 8.14 Å². The highest BCUT2D eigenvalue weighted by molar-refractivity contribution is 14.1. The highest BCUT2D eigenvalue weighted by atomic mass is 127. The van der Waals surface area contributed by atoms with E-state index in [1.165, 1.54) is 11.7 Å². The zero-order chi connectivity index (χ0) is 26.9. The van der Waals surface area contributed by atoms with Gasteiger partial charge in [-0.05, 0) is 77.0 Å². The van der Waals surface area contributed by atoms with Gasteiger partial charge >= 0.3 is 11.7 Å². The molecular formula is C27H23ClIN3O5. The highest BCUT2D eigenvalue weighted by Gasteiger charge is 2.24. The Hall–Kier alpha value is -3.44. The number of hydrogen-bond acceptors (Lipinski definition) is 5. The largest absolute Gasteiger partial charge is 0.467 e. The number of fused-ring (bicyclic) bond motifs is 1. The standard InChI is InChI=1S/C27H23ClIN3O5/c1-15-5-4-6-20(28)23(15)24(33)30-21(26(35)37-3)13-16-7-10-18(11-8-16)32-25(34)19-14-17(29)9-12-22(19)31(2)27(32)36/h4-12,14,21H,13H2,1-3H3,(H,30,33)/t21-/m0/s1. The number of carbonyl (C=O) groups is 2. The first-order valence-corrected chi connectivity index (χ1v) is 12.7. The average Bonchev–Trinajstić information content (AvgIpc) is 2.87. The van der Waals surface area contributed by atoms with Crippen LogP contribution in [0.15, 0.2) is 70.3 Å². The number of esters is 1. The molecule has 0 fully saturated rings. The van der Waals surface area contributed by atoms with Crippen molar-refractivity contribution in [2.75, 3.05) is 7.11 Å². The molecule has 0 unspecified atom stereocenters. The minimum absolute atomic E-state index is 0.130. The lowest BCUT2D eigenvalue weighted by atomic mass is 10.0. The Labute approximate surface area is 231 Å².